The number of hydrogen-bond donors (Lipinski definition) is 1. The molecule has 0 bridgehead atoms. The summed E-state index contributed by atoms with van der Waals surface area (Å²) >= 11 is 11.2. The van der Waals surface area contributed by atoms with Crippen molar-refractivity contribution in [3.05, 3.63) is 28.0 Å². The molecule has 0 atom stereocenters. The molecule has 0 aliphatic heterocycles. The van der Waals surface area contributed by atoms with Gasteiger partial charge in [0, 0.05) is 11.6 Å². The van der Waals surface area contributed by atoms with Gasteiger partial charge in [0.25, 0.3) is 0 Å². The van der Waals surface area contributed by atoms with Gasteiger partial charge in [-0.2, -0.15) is 0 Å². The van der Waals surface area contributed by atoms with Crippen LogP contribution in [-0.2, 0) is 4.79 Å². The van der Waals surface area contributed by atoms with Crippen LogP contribution >= 0.6 is 23.2 Å². The molecule has 1 fully saturated rings. The maximum absolute atomic E-state index is 13.0. The monoisotopic (exact) mass is 247 g/mol. The molecule has 0 unspecified atom stereocenters. The van der Waals surface area contributed by atoms with Gasteiger partial charge in [-0.3, -0.25) is 4.79 Å². The lowest BCUT2D eigenvalue weighted by Crippen LogP contribution is -2.13. The van der Waals surface area contributed by atoms with Gasteiger partial charge in [-0.05, 0) is 25.0 Å². The van der Waals surface area contributed by atoms with Crippen molar-refractivity contribution in [3.8, 4) is 0 Å². The Hall–Kier alpha value is -0.800. The summed E-state index contributed by atoms with van der Waals surface area (Å²) in [6.45, 7) is 0. The van der Waals surface area contributed by atoms with Gasteiger partial charge in [0.15, 0.2) is 5.82 Å². The van der Waals surface area contributed by atoms with E-state index in [2.05, 4.69) is 5.32 Å². The number of nitrogens with one attached hydrogen (secondary N) is 1. The Morgan fingerprint density at radius 3 is 2.33 bits per heavy atom. The minimum absolute atomic E-state index is 0.0614. The van der Waals surface area contributed by atoms with Gasteiger partial charge in [-0.15, -0.1) is 0 Å². The number of halogens is 3. The summed E-state index contributed by atoms with van der Waals surface area (Å²) < 4.78 is 13.0. The third-order valence-electron chi connectivity index (χ3n) is 2.20. The van der Waals surface area contributed by atoms with Crippen molar-refractivity contribution >= 4 is 34.8 Å². The molecule has 1 saturated carbocycles. The molecular formula is C10H8Cl2FNO. The van der Waals surface area contributed by atoms with Crippen LogP contribution in [0.2, 0.25) is 10.0 Å². The van der Waals surface area contributed by atoms with Crippen LogP contribution in [0.3, 0.4) is 0 Å². The lowest BCUT2D eigenvalue weighted by Gasteiger charge is -2.06. The van der Waals surface area contributed by atoms with E-state index in [4.69, 9.17) is 23.2 Å². The highest BCUT2D eigenvalue weighted by atomic mass is 35.5. The van der Waals surface area contributed by atoms with Crippen molar-refractivity contribution in [1.82, 2.24) is 0 Å². The van der Waals surface area contributed by atoms with E-state index >= 15 is 0 Å². The zero-order valence-electron chi connectivity index (χ0n) is 7.69. The summed E-state index contributed by atoms with van der Waals surface area (Å²) in [6, 6.07) is 2.70. The molecule has 0 heterocycles. The van der Waals surface area contributed by atoms with Crippen LogP contribution in [-0.4, -0.2) is 5.91 Å². The van der Waals surface area contributed by atoms with Gasteiger partial charge in [-0.25, -0.2) is 4.39 Å². The minimum Gasteiger partial charge on any atom is -0.326 e. The van der Waals surface area contributed by atoms with E-state index in [-0.39, 0.29) is 21.9 Å². The molecule has 0 radical (unpaired) electrons. The fourth-order valence-electron chi connectivity index (χ4n) is 1.22. The Morgan fingerprint density at radius 1 is 1.33 bits per heavy atom. The van der Waals surface area contributed by atoms with Crippen molar-refractivity contribution in [2.24, 2.45) is 5.92 Å². The highest BCUT2D eigenvalue weighted by Gasteiger charge is 2.29. The van der Waals surface area contributed by atoms with Crippen LogP contribution in [0, 0.1) is 11.7 Å². The van der Waals surface area contributed by atoms with Crippen molar-refractivity contribution in [2.45, 2.75) is 12.8 Å². The lowest BCUT2D eigenvalue weighted by atomic mass is 10.3. The standard InChI is InChI=1S/C10H8Cl2FNO/c11-7-3-6(4-8(12)9(7)13)14-10(15)5-1-2-5/h3-5H,1-2H2,(H,14,15). The maximum atomic E-state index is 13.0. The molecule has 1 aliphatic rings. The Kier molecular flexibility index (Phi) is 2.85. The molecule has 5 heteroatoms. The van der Waals surface area contributed by atoms with E-state index in [1.54, 1.807) is 0 Å². The Bertz CT molecular complexity index is 395. The lowest BCUT2D eigenvalue weighted by molar-refractivity contribution is -0.117. The van der Waals surface area contributed by atoms with Crippen LogP contribution in [0.25, 0.3) is 0 Å². The number of rotatable bonds is 2. The highest BCUT2D eigenvalue weighted by Crippen LogP contribution is 2.32. The van der Waals surface area contributed by atoms with E-state index < -0.39 is 5.82 Å². The number of benzene rings is 1. The van der Waals surface area contributed by atoms with Gasteiger partial charge in [0.1, 0.15) is 0 Å². The second kappa shape index (κ2) is 3.99. The van der Waals surface area contributed by atoms with E-state index in [9.17, 15) is 9.18 Å². The number of carbonyl (C=O) groups is 1. The van der Waals surface area contributed by atoms with Crippen molar-refractivity contribution in [2.75, 3.05) is 5.32 Å². The summed E-state index contributed by atoms with van der Waals surface area (Å²) in [5.41, 5.74) is 0.434. The molecule has 1 N–H and O–H groups in total. The smallest absolute Gasteiger partial charge is 0.227 e. The molecular weight excluding hydrogens is 240 g/mol. The van der Waals surface area contributed by atoms with Gasteiger partial charge >= 0.3 is 0 Å². The van der Waals surface area contributed by atoms with E-state index in [1.165, 1.54) is 12.1 Å². The number of carbonyl (C=O) groups excluding carboxylic acids is 1. The second-order valence-electron chi connectivity index (χ2n) is 3.52. The average Bonchev–Trinajstić information content (AvgIpc) is 2.96. The van der Waals surface area contributed by atoms with Gasteiger partial charge < -0.3 is 5.32 Å². The first kappa shape index (κ1) is 10.7. The topological polar surface area (TPSA) is 29.1 Å². The fourth-order valence-corrected chi connectivity index (χ4v) is 1.70. The minimum atomic E-state index is -0.664. The summed E-state index contributed by atoms with van der Waals surface area (Å²) in [4.78, 5) is 11.4. The number of anilines is 1. The van der Waals surface area contributed by atoms with Crippen LogP contribution in [0.5, 0.6) is 0 Å². The van der Waals surface area contributed by atoms with Crippen LogP contribution in [0.1, 0.15) is 12.8 Å². The molecule has 0 saturated heterocycles. The summed E-state index contributed by atoms with van der Waals surface area (Å²) in [7, 11) is 0. The molecule has 0 spiro atoms. The first-order valence-electron chi connectivity index (χ1n) is 4.53. The fraction of sp³-hybridized carbons (Fsp3) is 0.300. The highest BCUT2D eigenvalue weighted by molar-refractivity contribution is 6.35. The predicted octanol–water partition coefficient (Wildman–Crippen LogP) is 3.48. The van der Waals surface area contributed by atoms with E-state index in [0.717, 1.165) is 12.8 Å². The summed E-state index contributed by atoms with van der Waals surface area (Å²) in [5.74, 6) is -0.635. The quantitative estimate of drug-likeness (QED) is 0.797. The summed E-state index contributed by atoms with van der Waals surface area (Å²) in [5, 5.41) is 2.46. The number of amides is 1. The zero-order valence-corrected chi connectivity index (χ0v) is 9.20. The average molecular weight is 248 g/mol. The second-order valence-corrected chi connectivity index (χ2v) is 4.33. The Labute approximate surface area is 96.4 Å². The van der Waals surface area contributed by atoms with Crippen LogP contribution in [0.4, 0.5) is 10.1 Å². The van der Waals surface area contributed by atoms with Crippen molar-refractivity contribution in [1.29, 1.82) is 0 Å². The van der Waals surface area contributed by atoms with Crippen molar-refractivity contribution in [3.63, 3.8) is 0 Å². The van der Waals surface area contributed by atoms with Gasteiger partial charge in [-0.1, -0.05) is 23.2 Å². The largest absolute Gasteiger partial charge is 0.326 e. The molecule has 80 valence electrons. The van der Waals surface area contributed by atoms with Gasteiger partial charge in [0.2, 0.25) is 5.91 Å². The SMILES string of the molecule is O=C(Nc1cc(Cl)c(F)c(Cl)c1)C1CC1. The van der Waals surface area contributed by atoms with Crippen molar-refractivity contribution < 1.29 is 9.18 Å². The van der Waals surface area contributed by atoms with Crippen LogP contribution < -0.4 is 5.32 Å². The molecule has 0 aromatic heterocycles. The first-order valence-corrected chi connectivity index (χ1v) is 5.29. The Morgan fingerprint density at radius 2 is 1.87 bits per heavy atom. The van der Waals surface area contributed by atoms with E-state index in [1.807, 2.05) is 0 Å². The third-order valence-corrected chi connectivity index (χ3v) is 2.75. The predicted molar refractivity (Wildman–Crippen MR) is 57.8 cm³/mol. The molecule has 1 aliphatic carbocycles. The maximum Gasteiger partial charge on any atom is 0.227 e. The summed E-state index contributed by atoms with van der Waals surface area (Å²) in [6.07, 6.45) is 1.82. The van der Waals surface area contributed by atoms with Crippen LogP contribution in [0.15, 0.2) is 12.1 Å². The molecule has 2 nitrogen and oxygen atoms in total. The molecule has 1 aromatic carbocycles. The van der Waals surface area contributed by atoms with E-state index in [0.29, 0.717) is 5.69 Å². The molecule has 2 rings (SSSR count). The normalized spacial score (nSPS) is 15.1. The molecule has 15 heavy (non-hydrogen) atoms. The first-order chi connectivity index (χ1) is 7.08. The molecule has 1 amide bonds. The third kappa shape index (κ3) is 2.41. The number of hydrogen-bond acceptors (Lipinski definition) is 1. The molecule has 1 aromatic rings. The Balaban J connectivity index is 2.17. The zero-order chi connectivity index (χ0) is 11.0. The van der Waals surface area contributed by atoms with Gasteiger partial charge in [0.05, 0.1) is 10.0 Å².